The molecule has 1 N–H and O–H groups in total. The Bertz CT molecular complexity index is 598. The molecule has 1 heterocycles. The third kappa shape index (κ3) is 8.21. The number of β-amino-alcohol motifs (C(OH)–C–C–N with tert-alkyl or cyclic N) is 1. The predicted molar refractivity (Wildman–Crippen MR) is 115 cm³/mol. The zero-order valence-corrected chi connectivity index (χ0v) is 18.0. The molecule has 5 nitrogen and oxygen atoms in total. The molecule has 1 aliphatic heterocycles. The maximum atomic E-state index is 10.4. The van der Waals surface area contributed by atoms with Gasteiger partial charge in [0.1, 0.15) is 12.7 Å². The quantitative estimate of drug-likeness (QED) is 0.617. The number of aliphatic hydroxyl groups excluding tert-OH is 1. The summed E-state index contributed by atoms with van der Waals surface area (Å²) in [6.45, 7) is 10.8. The molecule has 0 aliphatic carbocycles. The Morgan fingerprint density at radius 3 is 2.50 bits per heavy atom. The lowest BCUT2D eigenvalue weighted by Crippen LogP contribution is -2.37. The van der Waals surface area contributed by atoms with Crippen LogP contribution >= 0.6 is 0 Å². The number of nitrogens with zero attached hydrogens (tertiary/aromatic N) is 2. The van der Waals surface area contributed by atoms with Crippen molar-refractivity contribution in [1.82, 2.24) is 9.80 Å². The molecule has 2 rings (SSSR count). The van der Waals surface area contributed by atoms with Crippen LogP contribution in [-0.2, 0) is 6.54 Å². The highest BCUT2D eigenvalue weighted by Gasteiger charge is 2.15. The Kier molecular flexibility index (Phi) is 9.82. The molecule has 0 unspecified atom stereocenters. The van der Waals surface area contributed by atoms with E-state index >= 15 is 0 Å². The van der Waals surface area contributed by atoms with Gasteiger partial charge in [-0.15, -0.1) is 0 Å². The molecule has 1 aliphatic rings. The van der Waals surface area contributed by atoms with Gasteiger partial charge in [-0.1, -0.05) is 37.5 Å². The third-order valence-electron chi connectivity index (χ3n) is 5.07. The Morgan fingerprint density at radius 1 is 1.18 bits per heavy atom. The molecular formula is C23H38N2O3. The second-order valence-electron chi connectivity index (χ2n) is 8.15. The first-order chi connectivity index (χ1) is 13.5. The van der Waals surface area contributed by atoms with Crippen molar-refractivity contribution < 1.29 is 14.6 Å². The van der Waals surface area contributed by atoms with E-state index in [4.69, 9.17) is 9.47 Å². The van der Waals surface area contributed by atoms with Crippen molar-refractivity contribution in [2.24, 2.45) is 0 Å². The molecular weight excluding hydrogens is 352 g/mol. The van der Waals surface area contributed by atoms with Crippen LogP contribution in [0.2, 0.25) is 0 Å². The molecule has 28 heavy (non-hydrogen) atoms. The number of likely N-dealkylation sites (N-methyl/N-ethyl adjacent to an activating group) is 1. The molecule has 0 spiro atoms. The maximum absolute atomic E-state index is 10.4. The average molecular weight is 391 g/mol. The number of hydrogen-bond donors (Lipinski definition) is 1. The lowest BCUT2D eigenvalue weighted by atomic mass is 10.1. The molecule has 1 atom stereocenters. The van der Waals surface area contributed by atoms with E-state index in [1.54, 1.807) is 7.11 Å². The van der Waals surface area contributed by atoms with E-state index in [1.165, 1.54) is 32.1 Å². The van der Waals surface area contributed by atoms with Gasteiger partial charge in [-0.2, -0.15) is 0 Å². The van der Waals surface area contributed by atoms with Gasteiger partial charge < -0.3 is 19.5 Å². The molecule has 158 valence electrons. The zero-order valence-electron chi connectivity index (χ0n) is 18.0. The van der Waals surface area contributed by atoms with E-state index in [0.29, 0.717) is 18.0 Å². The normalized spacial score (nSPS) is 17.0. The lowest BCUT2D eigenvalue weighted by molar-refractivity contribution is 0.0645. The summed E-state index contributed by atoms with van der Waals surface area (Å²) >= 11 is 0. The van der Waals surface area contributed by atoms with Crippen molar-refractivity contribution in [1.29, 1.82) is 0 Å². The van der Waals surface area contributed by atoms with Gasteiger partial charge in [-0.05, 0) is 57.6 Å². The molecule has 0 amide bonds. The first kappa shape index (κ1) is 22.7. The summed E-state index contributed by atoms with van der Waals surface area (Å²) in [7, 11) is 3.73. The van der Waals surface area contributed by atoms with Gasteiger partial charge in [0.25, 0.3) is 0 Å². The topological polar surface area (TPSA) is 45.2 Å². The van der Waals surface area contributed by atoms with Crippen molar-refractivity contribution >= 4 is 0 Å². The van der Waals surface area contributed by atoms with Crippen molar-refractivity contribution in [3.63, 3.8) is 0 Å². The second-order valence-corrected chi connectivity index (χ2v) is 8.15. The van der Waals surface area contributed by atoms with E-state index in [-0.39, 0.29) is 6.61 Å². The van der Waals surface area contributed by atoms with E-state index in [2.05, 4.69) is 29.5 Å². The van der Waals surface area contributed by atoms with E-state index < -0.39 is 6.10 Å². The van der Waals surface area contributed by atoms with Gasteiger partial charge in [0.15, 0.2) is 11.5 Å². The SMILES string of the molecule is C=C(C)CN(C)Cc1ccc(OC[C@H](O)CN2CCCCCCC2)c(OC)c1. The first-order valence-corrected chi connectivity index (χ1v) is 10.5. The number of hydrogen-bond acceptors (Lipinski definition) is 5. The minimum Gasteiger partial charge on any atom is -0.493 e. The molecule has 1 fully saturated rings. The second kappa shape index (κ2) is 12.1. The fraction of sp³-hybridized carbons (Fsp3) is 0.652. The number of benzene rings is 1. The van der Waals surface area contributed by atoms with E-state index in [9.17, 15) is 5.11 Å². The highest BCUT2D eigenvalue weighted by atomic mass is 16.5. The minimum atomic E-state index is -0.495. The monoisotopic (exact) mass is 390 g/mol. The molecule has 1 aromatic rings. The van der Waals surface area contributed by atoms with Crippen LogP contribution in [0.5, 0.6) is 11.5 Å². The third-order valence-corrected chi connectivity index (χ3v) is 5.07. The van der Waals surface area contributed by atoms with Crippen molar-refractivity contribution in [3.8, 4) is 11.5 Å². The van der Waals surface area contributed by atoms with Crippen LogP contribution in [0.15, 0.2) is 30.4 Å². The fourth-order valence-electron chi connectivity index (χ4n) is 3.79. The first-order valence-electron chi connectivity index (χ1n) is 10.5. The highest BCUT2D eigenvalue weighted by molar-refractivity contribution is 5.43. The van der Waals surface area contributed by atoms with Crippen LogP contribution in [-0.4, -0.2) is 68.0 Å². The zero-order chi connectivity index (χ0) is 20.4. The van der Waals surface area contributed by atoms with Gasteiger partial charge >= 0.3 is 0 Å². The van der Waals surface area contributed by atoms with Crippen molar-refractivity contribution in [2.45, 2.75) is 51.7 Å². The summed E-state index contributed by atoms with van der Waals surface area (Å²) in [6, 6.07) is 6.00. The van der Waals surface area contributed by atoms with Crippen LogP contribution in [0.25, 0.3) is 0 Å². The largest absolute Gasteiger partial charge is 0.493 e. The van der Waals surface area contributed by atoms with Crippen LogP contribution in [0, 0.1) is 0 Å². The molecule has 1 saturated heterocycles. The van der Waals surface area contributed by atoms with E-state index in [1.807, 2.05) is 19.1 Å². The number of ether oxygens (including phenoxy) is 2. The van der Waals surface area contributed by atoms with Gasteiger partial charge in [0, 0.05) is 19.6 Å². The van der Waals surface area contributed by atoms with Gasteiger partial charge in [0.2, 0.25) is 0 Å². The smallest absolute Gasteiger partial charge is 0.161 e. The van der Waals surface area contributed by atoms with Crippen LogP contribution in [0.4, 0.5) is 0 Å². The molecule has 1 aromatic carbocycles. The number of rotatable bonds is 10. The summed E-state index contributed by atoms with van der Waals surface area (Å²) in [5.41, 5.74) is 2.30. The molecule has 5 heteroatoms. The highest BCUT2D eigenvalue weighted by Crippen LogP contribution is 2.28. The van der Waals surface area contributed by atoms with E-state index in [0.717, 1.165) is 37.3 Å². The molecule has 0 radical (unpaired) electrons. The molecule has 0 aromatic heterocycles. The Hall–Kier alpha value is -1.56. The fourth-order valence-corrected chi connectivity index (χ4v) is 3.79. The van der Waals surface area contributed by atoms with Crippen LogP contribution in [0.3, 0.4) is 0 Å². The van der Waals surface area contributed by atoms with Gasteiger partial charge in [0.05, 0.1) is 7.11 Å². The summed E-state index contributed by atoms with van der Waals surface area (Å²) in [6.07, 6.45) is 5.90. The molecule has 0 bridgehead atoms. The average Bonchev–Trinajstić information content (AvgIpc) is 2.62. The predicted octanol–water partition coefficient (Wildman–Crippen LogP) is 3.71. The van der Waals surface area contributed by atoms with Gasteiger partial charge in [-0.25, -0.2) is 0 Å². The lowest BCUT2D eigenvalue weighted by Gasteiger charge is -2.26. The summed E-state index contributed by atoms with van der Waals surface area (Å²) in [4.78, 5) is 4.58. The Balaban J connectivity index is 1.85. The van der Waals surface area contributed by atoms with Gasteiger partial charge in [-0.3, -0.25) is 4.90 Å². The standard InChI is InChI=1S/C23H38N2O3/c1-19(2)15-24(3)16-20-10-11-22(23(14-20)27-4)28-18-21(26)17-25-12-8-6-5-7-9-13-25/h10-11,14,21,26H,1,5-9,12-13,15-18H2,2-4H3/t21-/m1/s1. The summed E-state index contributed by atoms with van der Waals surface area (Å²) in [5, 5.41) is 10.4. The number of methoxy groups -OCH3 is 1. The van der Waals surface area contributed by atoms with Crippen LogP contribution in [0.1, 0.15) is 44.6 Å². The minimum absolute atomic E-state index is 0.280. The number of aliphatic hydroxyl groups is 1. The van der Waals surface area contributed by atoms with Crippen LogP contribution < -0.4 is 9.47 Å². The molecule has 0 saturated carbocycles. The summed E-state index contributed by atoms with van der Waals surface area (Å²) < 4.78 is 11.4. The maximum Gasteiger partial charge on any atom is 0.161 e. The number of likely N-dealkylation sites (tertiary alicyclic amines) is 1. The Morgan fingerprint density at radius 2 is 1.86 bits per heavy atom. The van der Waals surface area contributed by atoms with Crippen molar-refractivity contribution in [3.05, 3.63) is 35.9 Å². The van der Waals surface area contributed by atoms with Crippen molar-refractivity contribution in [2.75, 3.05) is 46.9 Å². The Labute approximate surface area is 170 Å². The summed E-state index contributed by atoms with van der Waals surface area (Å²) in [5.74, 6) is 1.39.